The van der Waals surface area contributed by atoms with E-state index in [1.54, 1.807) is 0 Å². The van der Waals surface area contributed by atoms with Crippen LogP contribution in [0.4, 0.5) is 13.2 Å². The zero-order valence-corrected chi connectivity index (χ0v) is 9.32. The van der Waals surface area contributed by atoms with Crippen LogP contribution < -0.4 is 5.14 Å². The van der Waals surface area contributed by atoms with Crippen LogP contribution in [-0.2, 0) is 10.0 Å². The minimum Gasteiger partial charge on any atom is -0.223 e. The van der Waals surface area contributed by atoms with E-state index < -0.39 is 33.0 Å². The largest absolute Gasteiger partial charge is 0.268 e. The first-order valence-corrected chi connectivity index (χ1v) is 5.74. The molecule has 0 amide bonds. The standard InChI is InChI=1S/C6H4BrF3N2O2S/c7-3-1-2(4(8)9)5(10)12-6(3)15(11,13)14/h1,4H,(H2,11,13,14). The molecule has 1 aromatic heterocycles. The lowest BCUT2D eigenvalue weighted by Crippen LogP contribution is -2.16. The van der Waals surface area contributed by atoms with Crippen LogP contribution in [0.5, 0.6) is 0 Å². The average molecular weight is 305 g/mol. The van der Waals surface area contributed by atoms with Crippen molar-refractivity contribution in [2.75, 3.05) is 0 Å². The number of halogens is 4. The van der Waals surface area contributed by atoms with Crippen LogP contribution in [0.1, 0.15) is 12.0 Å². The summed E-state index contributed by atoms with van der Waals surface area (Å²) in [5.74, 6) is -1.56. The average Bonchev–Trinajstić information content (AvgIpc) is 2.06. The summed E-state index contributed by atoms with van der Waals surface area (Å²) in [4.78, 5) is 2.86. The highest BCUT2D eigenvalue weighted by Crippen LogP contribution is 2.27. The van der Waals surface area contributed by atoms with E-state index in [-0.39, 0.29) is 4.47 Å². The van der Waals surface area contributed by atoms with Gasteiger partial charge in [0.25, 0.3) is 16.4 Å². The second kappa shape index (κ2) is 4.06. The van der Waals surface area contributed by atoms with Gasteiger partial charge >= 0.3 is 0 Å². The normalized spacial score (nSPS) is 12.1. The summed E-state index contributed by atoms with van der Waals surface area (Å²) < 4.78 is 58.5. The molecule has 0 saturated heterocycles. The van der Waals surface area contributed by atoms with Crippen molar-refractivity contribution in [2.45, 2.75) is 11.5 Å². The summed E-state index contributed by atoms with van der Waals surface area (Å²) in [6, 6.07) is 0.632. The summed E-state index contributed by atoms with van der Waals surface area (Å²) in [5.41, 5.74) is -0.991. The van der Waals surface area contributed by atoms with E-state index >= 15 is 0 Å². The van der Waals surface area contributed by atoms with Gasteiger partial charge in [0.1, 0.15) is 0 Å². The quantitative estimate of drug-likeness (QED) is 0.843. The maximum atomic E-state index is 12.9. The number of primary sulfonamides is 1. The molecule has 0 unspecified atom stereocenters. The highest BCUT2D eigenvalue weighted by molar-refractivity contribution is 9.10. The molecule has 1 aromatic rings. The molecule has 1 heterocycles. The van der Waals surface area contributed by atoms with Gasteiger partial charge in [0, 0.05) is 0 Å². The Hall–Kier alpha value is -0.670. The van der Waals surface area contributed by atoms with Crippen molar-refractivity contribution in [1.29, 1.82) is 0 Å². The van der Waals surface area contributed by atoms with Crippen molar-refractivity contribution >= 4 is 26.0 Å². The third kappa shape index (κ3) is 2.67. The van der Waals surface area contributed by atoms with E-state index in [4.69, 9.17) is 0 Å². The Morgan fingerprint density at radius 2 is 2.00 bits per heavy atom. The summed E-state index contributed by atoms with van der Waals surface area (Å²) >= 11 is 2.66. The predicted octanol–water partition coefficient (Wildman–Crippen LogP) is 1.57. The fourth-order valence-electron chi connectivity index (χ4n) is 0.817. The Balaban J connectivity index is 3.46. The topological polar surface area (TPSA) is 73.1 Å². The molecule has 0 atom stereocenters. The highest BCUT2D eigenvalue weighted by atomic mass is 79.9. The molecule has 0 radical (unpaired) electrons. The summed E-state index contributed by atoms with van der Waals surface area (Å²) in [6.45, 7) is 0. The lowest BCUT2D eigenvalue weighted by atomic mass is 10.3. The number of pyridine rings is 1. The van der Waals surface area contributed by atoms with E-state index in [9.17, 15) is 21.6 Å². The molecule has 15 heavy (non-hydrogen) atoms. The van der Waals surface area contributed by atoms with Gasteiger partial charge < -0.3 is 0 Å². The molecule has 2 N–H and O–H groups in total. The van der Waals surface area contributed by atoms with Crippen LogP contribution in [-0.4, -0.2) is 13.4 Å². The fourth-order valence-corrected chi connectivity index (χ4v) is 2.37. The summed E-state index contributed by atoms with van der Waals surface area (Å²) in [5, 5.41) is 3.86. The third-order valence-corrected chi connectivity index (χ3v) is 3.15. The van der Waals surface area contributed by atoms with Gasteiger partial charge in [0.15, 0.2) is 5.03 Å². The predicted molar refractivity (Wildman–Crippen MR) is 48.2 cm³/mol. The molecule has 0 aliphatic carbocycles. The fraction of sp³-hybridized carbons (Fsp3) is 0.167. The van der Waals surface area contributed by atoms with Crippen LogP contribution >= 0.6 is 15.9 Å². The number of rotatable bonds is 2. The van der Waals surface area contributed by atoms with E-state index in [1.165, 1.54) is 0 Å². The van der Waals surface area contributed by atoms with Gasteiger partial charge in [-0.05, 0) is 22.0 Å². The molecule has 1 rings (SSSR count). The third-order valence-electron chi connectivity index (χ3n) is 1.43. The highest BCUT2D eigenvalue weighted by Gasteiger charge is 2.22. The molecule has 0 aliphatic rings. The molecule has 0 saturated carbocycles. The zero-order chi connectivity index (χ0) is 11.8. The molecule has 4 nitrogen and oxygen atoms in total. The molecule has 0 aliphatic heterocycles. The van der Waals surface area contributed by atoms with E-state index in [2.05, 4.69) is 26.1 Å². The van der Waals surface area contributed by atoms with Crippen LogP contribution in [0.25, 0.3) is 0 Å². The summed E-state index contributed by atoms with van der Waals surface area (Å²) in [6.07, 6.45) is -3.08. The van der Waals surface area contributed by atoms with E-state index in [0.29, 0.717) is 6.07 Å². The number of alkyl halides is 2. The maximum absolute atomic E-state index is 12.9. The first-order chi connectivity index (χ1) is 6.73. The van der Waals surface area contributed by atoms with Crippen molar-refractivity contribution in [2.24, 2.45) is 5.14 Å². The first-order valence-electron chi connectivity index (χ1n) is 3.40. The molecule has 9 heteroatoms. The second-order valence-corrected chi connectivity index (χ2v) is 4.83. The molecule has 0 bridgehead atoms. The Morgan fingerprint density at radius 3 is 2.40 bits per heavy atom. The molecule has 84 valence electrons. The Morgan fingerprint density at radius 1 is 1.47 bits per heavy atom. The van der Waals surface area contributed by atoms with Crippen LogP contribution in [0.2, 0.25) is 0 Å². The van der Waals surface area contributed by atoms with E-state index in [0.717, 1.165) is 0 Å². The minimum absolute atomic E-state index is 0.304. The lowest BCUT2D eigenvalue weighted by Gasteiger charge is -2.05. The number of nitrogens with two attached hydrogens (primary N) is 1. The second-order valence-electron chi connectivity index (χ2n) is 2.50. The van der Waals surface area contributed by atoms with Crippen molar-refractivity contribution in [3.05, 3.63) is 22.1 Å². The lowest BCUT2D eigenvalue weighted by molar-refractivity contribution is 0.144. The molecule has 0 aromatic carbocycles. The van der Waals surface area contributed by atoms with Gasteiger partial charge in [0.05, 0.1) is 10.0 Å². The SMILES string of the molecule is NS(=O)(=O)c1nc(F)c(C(F)F)cc1Br. The Labute approximate surface area is 91.5 Å². The van der Waals surface area contributed by atoms with Crippen LogP contribution in [0.3, 0.4) is 0 Å². The molecular formula is C6H4BrF3N2O2S. The molecule has 0 spiro atoms. The van der Waals surface area contributed by atoms with Gasteiger partial charge in [0.2, 0.25) is 5.95 Å². The number of sulfonamides is 1. The van der Waals surface area contributed by atoms with Gasteiger partial charge in [-0.25, -0.2) is 27.3 Å². The Bertz CT molecular complexity index is 491. The molecule has 0 fully saturated rings. The minimum atomic E-state index is -4.24. The number of hydrogen-bond donors (Lipinski definition) is 1. The van der Waals surface area contributed by atoms with Crippen molar-refractivity contribution in [3.63, 3.8) is 0 Å². The van der Waals surface area contributed by atoms with Gasteiger partial charge in [-0.3, -0.25) is 0 Å². The van der Waals surface area contributed by atoms with Crippen molar-refractivity contribution in [1.82, 2.24) is 4.98 Å². The number of hydrogen-bond acceptors (Lipinski definition) is 3. The first kappa shape index (κ1) is 12.4. The Kier molecular flexibility index (Phi) is 3.36. The van der Waals surface area contributed by atoms with Crippen LogP contribution in [0, 0.1) is 5.95 Å². The van der Waals surface area contributed by atoms with Crippen molar-refractivity contribution < 1.29 is 21.6 Å². The smallest absolute Gasteiger partial charge is 0.223 e. The maximum Gasteiger partial charge on any atom is 0.268 e. The number of aromatic nitrogens is 1. The van der Waals surface area contributed by atoms with Gasteiger partial charge in [-0.1, -0.05) is 0 Å². The van der Waals surface area contributed by atoms with E-state index in [1.807, 2.05) is 0 Å². The van der Waals surface area contributed by atoms with Crippen LogP contribution in [0.15, 0.2) is 15.6 Å². The number of nitrogens with zero attached hydrogens (tertiary/aromatic N) is 1. The molecular weight excluding hydrogens is 301 g/mol. The monoisotopic (exact) mass is 304 g/mol. The summed E-state index contributed by atoms with van der Waals surface area (Å²) in [7, 11) is -4.24. The van der Waals surface area contributed by atoms with Crippen molar-refractivity contribution in [3.8, 4) is 0 Å². The van der Waals surface area contributed by atoms with Gasteiger partial charge in [-0.15, -0.1) is 0 Å². The van der Waals surface area contributed by atoms with Gasteiger partial charge in [-0.2, -0.15) is 4.39 Å². The zero-order valence-electron chi connectivity index (χ0n) is 6.92.